The summed E-state index contributed by atoms with van der Waals surface area (Å²) in [4.78, 5) is 24.0. The van der Waals surface area contributed by atoms with Crippen LogP contribution in [0.25, 0.3) is 0 Å². The number of hydrogen-bond acceptors (Lipinski definition) is 6. The van der Waals surface area contributed by atoms with Gasteiger partial charge in [0, 0.05) is 18.7 Å². The Morgan fingerprint density at radius 2 is 2.00 bits per heavy atom. The third kappa shape index (κ3) is 4.67. The van der Waals surface area contributed by atoms with Crippen molar-refractivity contribution in [1.29, 1.82) is 0 Å². The molecule has 0 aliphatic carbocycles. The molecule has 2 rings (SSSR count). The van der Waals surface area contributed by atoms with Crippen LogP contribution in [0.2, 0.25) is 0 Å². The molecular weight excluding hydrogens is 298 g/mol. The molecule has 6 nitrogen and oxygen atoms in total. The molecule has 6 heteroatoms. The lowest BCUT2D eigenvalue weighted by Crippen LogP contribution is -2.46. The third-order valence-corrected chi connectivity index (χ3v) is 4.58. The molecule has 2 aliphatic rings. The van der Waals surface area contributed by atoms with Crippen molar-refractivity contribution >= 4 is 11.9 Å². The van der Waals surface area contributed by atoms with Crippen molar-refractivity contribution in [2.24, 2.45) is 11.3 Å². The van der Waals surface area contributed by atoms with Gasteiger partial charge in [0.2, 0.25) is 0 Å². The molecule has 2 heterocycles. The Bertz CT molecular complexity index is 425. The first-order chi connectivity index (χ1) is 10.8. The van der Waals surface area contributed by atoms with Gasteiger partial charge in [-0.3, -0.25) is 9.59 Å². The van der Waals surface area contributed by atoms with Gasteiger partial charge in [-0.15, -0.1) is 0 Å². The molecule has 0 amide bonds. The first-order valence-electron chi connectivity index (χ1n) is 8.45. The van der Waals surface area contributed by atoms with E-state index in [1.807, 2.05) is 20.8 Å². The van der Waals surface area contributed by atoms with Crippen LogP contribution >= 0.6 is 0 Å². The number of esters is 2. The van der Waals surface area contributed by atoms with E-state index >= 15 is 0 Å². The number of methoxy groups -OCH3 is 1. The SMILES string of the molecule is COC(=O)[C@@H]([C@@H]1CC[C@@H](COC(=O)C(C)(C)C)N1)[C@@H]1CCCO1. The van der Waals surface area contributed by atoms with Crippen molar-refractivity contribution in [3.63, 3.8) is 0 Å². The van der Waals surface area contributed by atoms with Crippen LogP contribution < -0.4 is 5.32 Å². The van der Waals surface area contributed by atoms with Crippen molar-refractivity contribution in [1.82, 2.24) is 5.32 Å². The molecule has 0 aromatic carbocycles. The van der Waals surface area contributed by atoms with Gasteiger partial charge in [0.05, 0.1) is 24.5 Å². The van der Waals surface area contributed by atoms with Gasteiger partial charge in [0.25, 0.3) is 0 Å². The lowest BCUT2D eigenvalue weighted by Gasteiger charge is -2.27. The summed E-state index contributed by atoms with van der Waals surface area (Å²) in [5, 5.41) is 3.43. The lowest BCUT2D eigenvalue weighted by atomic mass is 9.91. The maximum absolute atomic E-state index is 12.2. The monoisotopic (exact) mass is 327 g/mol. The number of ether oxygens (including phenoxy) is 3. The topological polar surface area (TPSA) is 73.9 Å². The summed E-state index contributed by atoms with van der Waals surface area (Å²) in [6, 6.07) is 0.101. The van der Waals surface area contributed by atoms with Crippen LogP contribution in [0.4, 0.5) is 0 Å². The molecule has 2 saturated heterocycles. The number of nitrogens with one attached hydrogen (secondary N) is 1. The highest BCUT2D eigenvalue weighted by molar-refractivity contribution is 5.75. The zero-order chi connectivity index (χ0) is 17.0. The number of carbonyl (C=O) groups excluding carboxylic acids is 2. The average molecular weight is 327 g/mol. The largest absolute Gasteiger partial charge is 0.469 e. The van der Waals surface area contributed by atoms with Crippen molar-refractivity contribution < 1.29 is 23.8 Å². The minimum Gasteiger partial charge on any atom is -0.469 e. The van der Waals surface area contributed by atoms with E-state index in [0.717, 1.165) is 25.7 Å². The first kappa shape index (κ1) is 18.2. The number of carbonyl (C=O) groups is 2. The maximum atomic E-state index is 12.2. The molecule has 0 bridgehead atoms. The van der Waals surface area contributed by atoms with E-state index in [1.165, 1.54) is 7.11 Å². The predicted molar refractivity (Wildman–Crippen MR) is 84.8 cm³/mol. The number of rotatable bonds is 5. The summed E-state index contributed by atoms with van der Waals surface area (Å²) < 4.78 is 16.1. The van der Waals surface area contributed by atoms with Gasteiger partial charge in [-0.2, -0.15) is 0 Å². The Morgan fingerprint density at radius 1 is 1.26 bits per heavy atom. The summed E-state index contributed by atoms with van der Waals surface area (Å²) in [5.74, 6) is -0.709. The molecule has 0 aromatic rings. The molecule has 2 aliphatic heterocycles. The Labute approximate surface area is 138 Å². The van der Waals surface area contributed by atoms with Gasteiger partial charge in [0.15, 0.2) is 0 Å². The minimum absolute atomic E-state index is 0.0175. The van der Waals surface area contributed by atoms with E-state index in [9.17, 15) is 9.59 Å². The second-order valence-electron chi connectivity index (χ2n) is 7.50. The highest BCUT2D eigenvalue weighted by Gasteiger charge is 2.42. The molecule has 0 saturated carbocycles. The maximum Gasteiger partial charge on any atom is 0.312 e. The van der Waals surface area contributed by atoms with Crippen LogP contribution in [0.5, 0.6) is 0 Å². The Kier molecular flexibility index (Phi) is 6.03. The zero-order valence-electron chi connectivity index (χ0n) is 14.6. The van der Waals surface area contributed by atoms with E-state index in [4.69, 9.17) is 14.2 Å². The fourth-order valence-corrected chi connectivity index (χ4v) is 3.25. The normalized spacial score (nSPS) is 29.3. The van der Waals surface area contributed by atoms with Crippen molar-refractivity contribution in [2.45, 2.75) is 64.6 Å². The Morgan fingerprint density at radius 3 is 2.57 bits per heavy atom. The average Bonchev–Trinajstić information content (AvgIpc) is 3.16. The summed E-state index contributed by atoms with van der Waals surface area (Å²) in [5.41, 5.74) is -0.496. The molecule has 2 fully saturated rings. The molecular formula is C17H29NO5. The van der Waals surface area contributed by atoms with Gasteiger partial charge in [-0.05, 0) is 46.5 Å². The first-order valence-corrected chi connectivity index (χ1v) is 8.45. The van der Waals surface area contributed by atoms with Crippen LogP contribution in [0.3, 0.4) is 0 Å². The van der Waals surface area contributed by atoms with Crippen molar-refractivity contribution in [3.8, 4) is 0 Å². The standard InChI is InChI=1S/C17H29NO5/c1-17(2,3)16(20)23-10-11-7-8-12(18-11)14(15(19)21-4)13-6-5-9-22-13/h11-14,18H,5-10H2,1-4H3/t11-,12-,13-,14-/m0/s1. The van der Waals surface area contributed by atoms with E-state index in [1.54, 1.807) is 0 Å². The highest BCUT2D eigenvalue weighted by Crippen LogP contribution is 2.29. The zero-order valence-corrected chi connectivity index (χ0v) is 14.6. The summed E-state index contributed by atoms with van der Waals surface area (Å²) in [6.07, 6.45) is 3.54. The van der Waals surface area contributed by atoms with Crippen LogP contribution in [-0.2, 0) is 23.8 Å². The Balaban J connectivity index is 1.89. The summed E-state index contributed by atoms with van der Waals surface area (Å²) in [7, 11) is 1.42. The van der Waals surface area contributed by atoms with Crippen LogP contribution in [0.1, 0.15) is 46.5 Å². The molecule has 4 atom stereocenters. The van der Waals surface area contributed by atoms with Crippen LogP contribution in [0, 0.1) is 11.3 Å². The second-order valence-corrected chi connectivity index (χ2v) is 7.50. The van der Waals surface area contributed by atoms with E-state index < -0.39 is 5.41 Å². The highest BCUT2D eigenvalue weighted by atomic mass is 16.5. The number of hydrogen-bond donors (Lipinski definition) is 1. The fourth-order valence-electron chi connectivity index (χ4n) is 3.25. The molecule has 23 heavy (non-hydrogen) atoms. The van der Waals surface area contributed by atoms with Gasteiger partial charge < -0.3 is 19.5 Å². The van der Waals surface area contributed by atoms with Gasteiger partial charge in [-0.1, -0.05) is 0 Å². The van der Waals surface area contributed by atoms with Crippen LogP contribution in [0.15, 0.2) is 0 Å². The molecule has 1 N–H and O–H groups in total. The van der Waals surface area contributed by atoms with Crippen molar-refractivity contribution in [3.05, 3.63) is 0 Å². The van der Waals surface area contributed by atoms with E-state index in [0.29, 0.717) is 13.2 Å². The molecule has 0 unspecified atom stereocenters. The fraction of sp³-hybridized carbons (Fsp3) is 0.882. The molecule has 0 spiro atoms. The van der Waals surface area contributed by atoms with Crippen LogP contribution in [-0.4, -0.2) is 50.4 Å². The molecule has 0 radical (unpaired) electrons. The summed E-state index contributed by atoms with van der Waals surface area (Å²) in [6.45, 7) is 6.56. The lowest BCUT2D eigenvalue weighted by molar-refractivity contribution is -0.154. The minimum atomic E-state index is -0.496. The molecule has 132 valence electrons. The van der Waals surface area contributed by atoms with Gasteiger partial charge in [0.1, 0.15) is 6.61 Å². The van der Waals surface area contributed by atoms with Crippen molar-refractivity contribution in [2.75, 3.05) is 20.3 Å². The predicted octanol–water partition coefficient (Wildman–Crippen LogP) is 1.66. The third-order valence-electron chi connectivity index (χ3n) is 4.58. The van der Waals surface area contributed by atoms with Gasteiger partial charge in [-0.25, -0.2) is 0 Å². The smallest absolute Gasteiger partial charge is 0.312 e. The second kappa shape index (κ2) is 7.62. The molecule has 0 aromatic heterocycles. The van der Waals surface area contributed by atoms with E-state index in [2.05, 4.69) is 5.32 Å². The van der Waals surface area contributed by atoms with Gasteiger partial charge >= 0.3 is 11.9 Å². The summed E-state index contributed by atoms with van der Waals surface area (Å²) >= 11 is 0. The Hall–Kier alpha value is -1.14. The van der Waals surface area contributed by atoms with E-state index in [-0.39, 0.29) is 36.0 Å². The quantitative estimate of drug-likeness (QED) is 0.774.